The summed E-state index contributed by atoms with van der Waals surface area (Å²) in [5.41, 5.74) is 5.47. The summed E-state index contributed by atoms with van der Waals surface area (Å²) in [6.07, 6.45) is 1.28. The highest BCUT2D eigenvalue weighted by Gasteiger charge is 2.22. The summed E-state index contributed by atoms with van der Waals surface area (Å²) < 4.78 is 31.8. The fraction of sp³-hybridized carbons (Fsp3) is 0.286. The molecule has 0 spiro atoms. The lowest BCUT2D eigenvalue weighted by Gasteiger charge is -2.00. The number of hydrogen-bond acceptors (Lipinski definition) is 7. The predicted octanol–water partition coefficient (Wildman–Crippen LogP) is -0.505. The Bertz CT molecular complexity index is 642. The van der Waals surface area contributed by atoms with Gasteiger partial charge in [-0.15, -0.1) is 0 Å². The molecule has 0 aliphatic rings. The van der Waals surface area contributed by atoms with Gasteiger partial charge < -0.3 is 10.3 Å². The highest BCUT2D eigenvalue weighted by Crippen LogP contribution is 2.18. The average molecular weight is 258 g/mol. The third-order valence-electron chi connectivity index (χ3n) is 1.86. The molecule has 17 heavy (non-hydrogen) atoms. The van der Waals surface area contributed by atoms with E-state index in [0.717, 1.165) is 0 Å². The summed E-state index contributed by atoms with van der Waals surface area (Å²) in [6.45, 7) is 1.57. The van der Waals surface area contributed by atoms with Crippen LogP contribution in [0.4, 0.5) is 11.8 Å². The van der Waals surface area contributed by atoms with Crippen molar-refractivity contribution in [1.82, 2.24) is 19.9 Å². The Morgan fingerprint density at radius 2 is 2.24 bits per heavy atom. The molecule has 0 aliphatic carbocycles. The standard InChI is InChI=1S/C7H10N6O3S/c1-4-9-7(16-11-4)12-17(14,15)5-3-13(2)10-6(5)8/h3H,1-2H3,(H2,8,10)(H,9,11,12). The van der Waals surface area contributed by atoms with Crippen molar-refractivity contribution < 1.29 is 12.9 Å². The zero-order valence-electron chi connectivity index (χ0n) is 9.08. The van der Waals surface area contributed by atoms with E-state index in [1.54, 1.807) is 14.0 Å². The summed E-state index contributed by atoms with van der Waals surface area (Å²) >= 11 is 0. The summed E-state index contributed by atoms with van der Waals surface area (Å²) in [5.74, 6) is 0.220. The normalized spacial score (nSPS) is 11.6. The van der Waals surface area contributed by atoms with Gasteiger partial charge in [-0.2, -0.15) is 10.1 Å². The summed E-state index contributed by atoms with van der Waals surface area (Å²) in [4.78, 5) is 3.58. The van der Waals surface area contributed by atoms with E-state index in [9.17, 15) is 8.42 Å². The van der Waals surface area contributed by atoms with E-state index in [2.05, 4.69) is 24.5 Å². The Labute approximate surface area is 96.7 Å². The predicted molar refractivity (Wildman–Crippen MR) is 57.5 cm³/mol. The lowest BCUT2D eigenvalue weighted by atomic mass is 10.7. The number of sulfonamides is 1. The van der Waals surface area contributed by atoms with Gasteiger partial charge in [0.2, 0.25) is 0 Å². The van der Waals surface area contributed by atoms with E-state index in [1.165, 1.54) is 10.9 Å². The van der Waals surface area contributed by atoms with Gasteiger partial charge >= 0.3 is 6.01 Å². The molecule has 92 valence electrons. The second kappa shape index (κ2) is 3.73. The van der Waals surface area contributed by atoms with Gasteiger partial charge in [0.25, 0.3) is 10.0 Å². The zero-order chi connectivity index (χ0) is 12.6. The molecule has 0 bridgehead atoms. The van der Waals surface area contributed by atoms with E-state index in [1.807, 2.05) is 0 Å². The number of rotatable bonds is 3. The number of aromatic nitrogens is 4. The Balaban J connectivity index is 2.34. The van der Waals surface area contributed by atoms with Gasteiger partial charge in [0.15, 0.2) is 11.6 Å². The molecule has 0 saturated heterocycles. The molecule has 0 aliphatic heterocycles. The van der Waals surface area contributed by atoms with Gasteiger partial charge in [0, 0.05) is 13.2 Å². The molecule has 9 nitrogen and oxygen atoms in total. The Kier molecular flexibility index (Phi) is 2.50. The van der Waals surface area contributed by atoms with Crippen LogP contribution in [-0.4, -0.2) is 28.3 Å². The van der Waals surface area contributed by atoms with Crippen molar-refractivity contribution >= 4 is 21.9 Å². The number of hydrogen-bond donors (Lipinski definition) is 2. The van der Waals surface area contributed by atoms with Crippen LogP contribution in [0.15, 0.2) is 15.6 Å². The van der Waals surface area contributed by atoms with Crippen LogP contribution < -0.4 is 10.5 Å². The van der Waals surface area contributed by atoms with Crippen molar-refractivity contribution in [2.24, 2.45) is 7.05 Å². The first-order chi connectivity index (χ1) is 7.88. The monoisotopic (exact) mass is 258 g/mol. The van der Waals surface area contributed by atoms with Gasteiger partial charge in [-0.3, -0.25) is 4.68 Å². The molecule has 0 atom stereocenters. The van der Waals surface area contributed by atoms with Crippen molar-refractivity contribution in [2.75, 3.05) is 10.5 Å². The molecule has 3 N–H and O–H groups in total. The minimum Gasteiger partial charge on any atom is -0.381 e. The molecule has 0 saturated carbocycles. The molecule has 0 unspecified atom stereocenters. The highest BCUT2D eigenvalue weighted by molar-refractivity contribution is 7.92. The van der Waals surface area contributed by atoms with Crippen molar-refractivity contribution in [3.8, 4) is 0 Å². The largest absolute Gasteiger partial charge is 0.381 e. The van der Waals surface area contributed by atoms with Crippen molar-refractivity contribution in [3.05, 3.63) is 12.0 Å². The van der Waals surface area contributed by atoms with Crippen molar-refractivity contribution in [1.29, 1.82) is 0 Å². The van der Waals surface area contributed by atoms with Gasteiger partial charge in [0.05, 0.1) is 0 Å². The van der Waals surface area contributed by atoms with Crippen molar-refractivity contribution in [3.63, 3.8) is 0 Å². The van der Waals surface area contributed by atoms with Crippen LogP contribution >= 0.6 is 0 Å². The van der Waals surface area contributed by atoms with E-state index >= 15 is 0 Å². The smallest absolute Gasteiger partial charge is 0.335 e. The molecule has 0 fully saturated rings. The quantitative estimate of drug-likeness (QED) is 0.758. The van der Waals surface area contributed by atoms with E-state index < -0.39 is 10.0 Å². The minimum absolute atomic E-state index is 0.101. The van der Waals surface area contributed by atoms with E-state index in [-0.39, 0.29) is 16.7 Å². The number of aryl methyl sites for hydroxylation is 2. The van der Waals surface area contributed by atoms with E-state index in [4.69, 9.17) is 5.73 Å². The first-order valence-corrected chi connectivity index (χ1v) is 5.99. The number of nitrogens with two attached hydrogens (primary N) is 1. The molecule has 2 heterocycles. The maximum Gasteiger partial charge on any atom is 0.335 e. The second-order valence-electron chi connectivity index (χ2n) is 3.30. The lowest BCUT2D eigenvalue weighted by molar-refractivity contribution is 0.429. The highest BCUT2D eigenvalue weighted by atomic mass is 32.2. The Morgan fingerprint density at radius 1 is 1.53 bits per heavy atom. The third-order valence-corrected chi connectivity index (χ3v) is 3.20. The van der Waals surface area contributed by atoms with Crippen LogP contribution in [-0.2, 0) is 17.1 Å². The molecule has 2 aromatic rings. The molecular formula is C7H10N6O3S. The maximum absolute atomic E-state index is 11.9. The van der Waals surface area contributed by atoms with Crippen LogP contribution in [0.1, 0.15) is 5.82 Å². The number of nitrogens with zero attached hydrogens (tertiary/aromatic N) is 4. The van der Waals surface area contributed by atoms with Crippen LogP contribution in [0, 0.1) is 6.92 Å². The fourth-order valence-corrected chi connectivity index (χ4v) is 2.23. The van der Waals surface area contributed by atoms with Gasteiger partial charge in [-0.25, -0.2) is 13.1 Å². The van der Waals surface area contributed by atoms with E-state index in [0.29, 0.717) is 5.82 Å². The number of nitrogens with one attached hydrogen (secondary N) is 1. The topological polar surface area (TPSA) is 129 Å². The summed E-state index contributed by atoms with van der Waals surface area (Å²) in [5, 5.41) is 7.19. The molecule has 2 rings (SSSR count). The van der Waals surface area contributed by atoms with Crippen molar-refractivity contribution in [2.45, 2.75) is 11.8 Å². The molecule has 0 radical (unpaired) electrons. The maximum atomic E-state index is 11.9. The fourth-order valence-electron chi connectivity index (χ4n) is 1.20. The molecule has 10 heteroatoms. The number of anilines is 2. The SMILES string of the molecule is Cc1noc(NS(=O)(=O)c2cn(C)nc2N)n1. The first kappa shape index (κ1) is 11.4. The minimum atomic E-state index is -3.86. The van der Waals surface area contributed by atoms with Crippen LogP contribution in [0.5, 0.6) is 0 Å². The second-order valence-corrected chi connectivity index (χ2v) is 4.96. The van der Waals surface area contributed by atoms with Gasteiger partial charge in [-0.05, 0) is 6.92 Å². The van der Waals surface area contributed by atoms with Gasteiger partial charge in [-0.1, -0.05) is 5.16 Å². The third kappa shape index (κ3) is 2.20. The molecule has 0 aromatic carbocycles. The summed E-state index contributed by atoms with van der Waals surface area (Å²) in [6, 6.07) is -0.217. The first-order valence-electron chi connectivity index (χ1n) is 4.51. The van der Waals surface area contributed by atoms with Crippen LogP contribution in [0.25, 0.3) is 0 Å². The molecular weight excluding hydrogens is 248 g/mol. The average Bonchev–Trinajstić information content (AvgIpc) is 2.72. The Hall–Kier alpha value is -2.10. The molecule has 2 aromatic heterocycles. The van der Waals surface area contributed by atoms with Crippen LogP contribution in [0.3, 0.4) is 0 Å². The number of nitrogen functional groups attached to an aromatic ring is 1. The van der Waals surface area contributed by atoms with Crippen LogP contribution in [0.2, 0.25) is 0 Å². The Morgan fingerprint density at radius 3 is 2.71 bits per heavy atom. The molecule has 0 amide bonds. The van der Waals surface area contributed by atoms with Gasteiger partial charge in [0.1, 0.15) is 4.90 Å². The summed E-state index contributed by atoms with van der Waals surface area (Å²) in [7, 11) is -2.30. The lowest BCUT2D eigenvalue weighted by Crippen LogP contribution is -2.14. The zero-order valence-corrected chi connectivity index (χ0v) is 9.89.